The van der Waals surface area contributed by atoms with E-state index in [-0.39, 0.29) is 28.1 Å². The molecule has 0 radical (unpaired) electrons. The minimum Gasteiger partial charge on any atom is -0.466 e. The molecule has 0 spiro atoms. The molecule has 4 aliphatic carbocycles. The molecule has 0 bridgehead atoms. The number of carbonyl (C=O) groups excluding carboxylic acids is 3. The van der Waals surface area contributed by atoms with Crippen LogP contribution in [0.15, 0.2) is 22.8 Å². The summed E-state index contributed by atoms with van der Waals surface area (Å²) >= 11 is 0. The summed E-state index contributed by atoms with van der Waals surface area (Å²) in [6, 6.07) is 0. The fourth-order valence-corrected chi connectivity index (χ4v) is 9.13. The van der Waals surface area contributed by atoms with E-state index in [2.05, 4.69) is 41.5 Å². The van der Waals surface area contributed by atoms with Crippen molar-refractivity contribution in [3.63, 3.8) is 0 Å². The normalized spacial score (nSPS) is 39.6. The number of ether oxygens (including phenoxy) is 1. The van der Waals surface area contributed by atoms with Crippen molar-refractivity contribution in [2.45, 2.75) is 106 Å². The number of rotatable bonds is 5. The first-order chi connectivity index (χ1) is 16.2. The lowest BCUT2D eigenvalue weighted by atomic mass is 9.43. The molecule has 35 heavy (non-hydrogen) atoms. The largest absolute Gasteiger partial charge is 0.466 e. The lowest BCUT2D eigenvalue weighted by Gasteiger charge is -2.60. The van der Waals surface area contributed by atoms with Gasteiger partial charge in [0.1, 0.15) is 5.78 Å². The van der Waals surface area contributed by atoms with E-state index in [1.807, 2.05) is 13.0 Å². The second kappa shape index (κ2) is 8.70. The fourth-order valence-electron chi connectivity index (χ4n) is 9.13. The van der Waals surface area contributed by atoms with Crippen molar-refractivity contribution in [1.82, 2.24) is 0 Å². The summed E-state index contributed by atoms with van der Waals surface area (Å²) in [5.41, 5.74) is 2.80. The highest BCUT2D eigenvalue weighted by Crippen LogP contribution is 2.71. The maximum atomic E-state index is 13.9. The average molecular weight is 483 g/mol. The Morgan fingerprint density at radius 2 is 1.77 bits per heavy atom. The van der Waals surface area contributed by atoms with Crippen molar-refractivity contribution < 1.29 is 19.1 Å². The van der Waals surface area contributed by atoms with Crippen molar-refractivity contribution >= 4 is 17.5 Å². The van der Waals surface area contributed by atoms with E-state index in [1.54, 1.807) is 0 Å². The Hall–Kier alpha value is -1.71. The second-order valence-corrected chi connectivity index (χ2v) is 13.4. The van der Waals surface area contributed by atoms with Crippen molar-refractivity contribution in [2.24, 2.45) is 39.4 Å². The third kappa shape index (κ3) is 3.72. The lowest BCUT2D eigenvalue weighted by Crippen LogP contribution is -2.56. The molecular weight excluding hydrogens is 436 g/mol. The number of hydrogen-bond acceptors (Lipinski definition) is 4. The first kappa shape index (κ1) is 26.4. The van der Waals surface area contributed by atoms with E-state index in [9.17, 15) is 14.4 Å². The number of hydrogen-bond donors (Lipinski definition) is 0. The van der Waals surface area contributed by atoms with Gasteiger partial charge in [0, 0.05) is 34.8 Å². The molecule has 0 amide bonds. The summed E-state index contributed by atoms with van der Waals surface area (Å²) < 4.78 is 4.83. The zero-order valence-corrected chi connectivity index (χ0v) is 23.3. The number of allylic oxidation sites excluding steroid dienone is 3. The Kier molecular flexibility index (Phi) is 6.55. The molecule has 4 aliphatic rings. The zero-order valence-electron chi connectivity index (χ0n) is 23.3. The van der Waals surface area contributed by atoms with Gasteiger partial charge in [-0.3, -0.25) is 9.59 Å². The smallest absolute Gasteiger partial charge is 0.333 e. The highest BCUT2D eigenvalue weighted by Gasteiger charge is 2.65. The molecule has 194 valence electrons. The van der Waals surface area contributed by atoms with Crippen LogP contribution < -0.4 is 0 Å². The molecule has 4 rings (SSSR count). The van der Waals surface area contributed by atoms with Crippen molar-refractivity contribution in [2.75, 3.05) is 7.11 Å². The van der Waals surface area contributed by atoms with E-state index in [1.165, 1.54) is 12.7 Å². The first-order valence-electron chi connectivity index (χ1n) is 13.8. The van der Waals surface area contributed by atoms with Gasteiger partial charge in [-0.25, -0.2) is 4.79 Å². The lowest BCUT2D eigenvalue weighted by molar-refractivity contribution is -0.142. The molecule has 2 saturated carbocycles. The summed E-state index contributed by atoms with van der Waals surface area (Å²) in [5.74, 6) is 1.62. The zero-order chi connectivity index (χ0) is 26.0. The average Bonchev–Trinajstić information content (AvgIpc) is 3.08. The molecular formula is C31H46O4. The Labute approximate surface area is 212 Å². The van der Waals surface area contributed by atoms with Gasteiger partial charge in [0.05, 0.1) is 7.11 Å². The van der Waals surface area contributed by atoms with Crippen LogP contribution in [-0.4, -0.2) is 24.6 Å². The Balaban J connectivity index is 1.63. The van der Waals surface area contributed by atoms with Crippen molar-refractivity contribution in [1.29, 1.82) is 0 Å². The first-order valence-corrected chi connectivity index (χ1v) is 13.8. The molecule has 4 heteroatoms. The molecule has 0 aliphatic heterocycles. The van der Waals surface area contributed by atoms with E-state index < -0.39 is 5.41 Å². The van der Waals surface area contributed by atoms with Gasteiger partial charge in [-0.1, -0.05) is 53.2 Å². The van der Waals surface area contributed by atoms with Gasteiger partial charge in [0.2, 0.25) is 0 Å². The Morgan fingerprint density at radius 3 is 2.43 bits per heavy atom. The van der Waals surface area contributed by atoms with Gasteiger partial charge in [-0.2, -0.15) is 0 Å². The van der Waals surface area contributed by atoms with Crippen LogP contribution in [0.1, 0.15) is 106 Å². The van der Waals surface area contributed by atoms with Crippen LogP contribution in [0.2, 0.25) is 0 Å². The number of fused-ring (bicyclic) bond motifs is 4. The van der Waals surface area contributed by atoms with E-state index in [0.29, 0.717) is 41.8 Å². The number of Topliss-reactive ketones (excluding diaryl/α,β-unsaturated/α-hetero) is 2. The van der Waals surface area contributed by atoms with Crippen LogP contribution >= 0.6 is 0 Å². The molecule has 0 saturated heterocycles. The quantitative estimate of drug-likeness (QED) is 0.312. The number of methoxy groups -OCH3 is 1. The predicted molar refractivity (Wildman–Crippen MR) is 139 cm³/mol. The van der Waals surface area contributed by atoms with Crippen LogP contribution in [0, 0.1) is 39.4 Å². The summed E-state index contributed by atoms with van der Waals surface area (Å²) in [4.78, 5) is 38.5. The van der Waals surface area contributed by atoms with E-state index in [4.69, 9.17) is 4.74 Å². The van der Waals surface area contributed by atoms with Crippen LogP contribution in [0.25, 0.3) is 0 Å². The molecule has 6 atom stereocenters. The number of esters is 1. The van der Waals surface area contributed by atoms with Gasteiger partial charge in [-0.15, -0.1) is 0 Å². The van der Waals surface area contributed by atoms with Crippen LogP contribution in [0.5, 0.6) is 0 Å². The molecule has 0 aromatic carbocycles. The maximum Gasteiger partial charge on any atom is 0.333 e. The molecule has 2 fully saturated rings. The second-order valence-electron chi connectivity index (χ2n) is 13.4. The number of carbonyl (C=O) groups is 3. The minimum absolute atomic E-state index is 0.0368. The van der Waals surface area contributed by atoms with Crippen LogP contribution in [-0.2, 0) is 19.1 Å². The summed E-state index contributed by atoms with van der Waals surface area (Å²) in [7, 11) is 1.43. The Bertz CT molecular complexity index is 999. The fraction of sp³-hybridized carbons (Fsp3) is 0.774. The highest BCUT2D eigenvalue weighted by molar-refractivity contribution is 6.00. The van der Waals surface area contributed by atoms with E-state index in [0.717, 1.165) is 50.5 Å². The van der Waals surface area contributed by atoms with Crippen LogP contribution in [0.4, 0.5) is 0 Å². The predicted octanol–water partition coefficient (Wildman–Crippen LogP) is 7.02. The maximum absolute atomic E-state index is 13.9. The summed E-state index contributed by atoms with van der Waals surface area (Å²) in [6.07, 6.45) is 10.3. The SMILES string of the molecule is COC(=O)C(C)=CCCC(C)C1CCC2(C)C3=C(CCC12C)C1(C)CCC(=O)C(C)(C)C1CC3=O. The molecule has 0 aromatic heterocycles. The standard InChI is InChI=1S/C31H46O4/c1-19(10-9-11-20(2)27(34)35-8)21-12-17-31(7)26-22(13-16-30(21,31)6)29(5)15-14-25(33)28(3,4)24(29)18-23(26)32/h11,19,21,24H,9-10,12-18H2,1-8H3. The third-order valence-corrected chi connectivity index (χ3v) is 11.6. The van der Waals surface area contributed by atoms with Gasteiger partial charge in [0.25, 0.3) is 0 Å². The molecule has 0 N–H and O–H groups in total. The topological polar surface area (TPSA) is 60.4 Å². The molecule has 0 aromatic rings. The van der Waals surface area contributed by atoms with Gasteiger partial charge < -0.3 is 4.74 Å². The van der Waals surface area contributed by atoms with Crippen molar-refractivity contribution in [3.05, 3.63) is 22.8 Å². The number of ketones is 2. The summed E-state index contributed by atoms with van der Waals surface area (Å²) in [5, 5.41) is 0. The Morgan fingerprint density at radius 1 is 1.09 bits per heavy atom. The van der Waals surface area contributed by atoms with Gasteiger partial charge in [-0.05, 0) is 80.5 Å². The molecule has 4 nitrogen and oxygen atoms in total. The summed E-state index contributed by atoms with van der Waals surface area (Å²) in [6.45, 7) is 15.5. The van der Waals surface area contributed by atoms with Gasteiger partial charge in [0.15, 0.2) is 5.78 Å². The monoisotopic (exact) mass is 482 g/mol. The van der Waals surface area contributed by atoms with E-state index >= 15 is 0 Å². The van der Waals surface area contributed by atoms with Crippen molar-refractivity contribution in [3.8, 4) is 0 Å². The highest BCUT2D eigenvalue weighted by atomic mass is 16.5. The molecule has 0 heterocycles. The van der Waals surface area contributed by atoms with Gasteiger partial charge >= 0.3 is 5.97 Å². The molecule has 6 unspecified atom stereocenters. The minimum atomic E-state index is -0.425. The third-order valence-electron chi connectivity index (χ3n) is 11.6. The van der Waals surface area contributed by atoms with Crippen LogP contribution in [0.3, 0.4) is 0 Å².